The van der Waals surface area contributed by atoms with E-state index in [1.807, 2.05) is 24.3 Å². The summed E-state index contributed by atoms with van der Waals surface area (Å²) >= 11 is 0. The van der Waals surface area contributed by atoms with Crippen LogP contribution in [0, 0.1) is 0 Å². The standard InChI is InChI=1S/C12H13N3O/c1-2-10-3-5-11(6-4-10)12(16)7-15-9-13-8-14-15/h3-6,8-9H,2,7H2,1H3. The maximum Gasteiger partial charge on any atom is 0.184 e. The quantitative estimate of drug-likeness (QED) is 0.730. The minimum absolute atomic E-state index is 0.0492. The molecule has 0 N–H and O–H groups in total. The molecule has 0 saturated heterocycles. The molecule has 0 amide bonds. The van der Waals surface area contributed by atoms with Crippen LogP contribution in [0.25, 0.3) is 0 Å². The van der Waals surface area contributed by atoms with Gasteiger partial charge in [-0.3, -0.25) is 4.79 Å². The van der Waals surface area contributed by atoms with Crippen LogP contribution in [-0.4, -0.2) is 20.5 Å². The van der Waals surface area contributed by atoms with E-state index < -0.39 is 0 Å². The first kappa shape index (κ1) is 10.5. The van der Waals surface area contributed by atoms with Crippen molar-refractivity contribution in [3.63, 3.8) is 0 Å². The number of aryl methyl sites for hydroxylation is 1. The Morgan fingerprint density at radius 1 is 1.31 bits per heavy atom. The van der Waals surface area contributed by atoms with Crippen LogP contribution in [0.3, 0.4) is 0 Å². The number of hydrogen-bond donors (Lipinski definition) is 0. The van der Waals surface area contributed by atoms with Crippen LogP contribution >= 0.6 is 0 Å². The maximum atomic E-state index is 11.8. The second kappa shape index (κ2) is 4.70. The van der Waals surface area contributed by atoms with Crippen LogP contribution in [0.5, 0.6) is 0 Å². The number of ketones is 1. The number of Topliss-reactive ketones (excluding diaryl/α,β-unsaturated/α-hetero) is 1. The van der Waals surface area contributed by atoms with Crippen LogP contribution in [0.1, 0.15) is 22.8 Å². The predicted octanol–water partition coefficient (Wildman–Crippen LogP) is 1.72. The fourth-order valence-electron chi connectivity index (χ4n) is 1.48. The molecule has 0 saturated carbocycles. The molecular weight excluding hydrogens is 202 g/mol. The molecule has 0 unspecified atom stereocenters. The van der Waals surface area contributed by atoms with Crippen molar-refractivity contribution in [2.45, 2.75) is 19.9 Å². The van der Waals surface area contributed by atoms with Crippen molar-refractivity contribution in [3.05, 3.63) is 48.0 Å². The van der Waals surface area contributed by atoms with Gasteiger partial charge in [0, 0.05) is 5.56 Å². The monoisotopic (exact) mass is 215 g/mol. The number of carbonyl (C=O) groups excluding carboxylic acids is 1. The lowest BCUT2D eigenvalue weighted by atomic mass is 10.1. The Labute approximate surface area is 93.9 Å². The number of carbonyl (C=O) groups is 1. The van der Waals surface area contributed by atoms with Crippen molar-refractivity contribution in [3.8, 4) is 0 Å². The molecule has 0 spiro atoms. The molecule has 1 aromatic carbocycles. The highest BCUT2D eigenvalue weighted by Crippen LogP contribution is 2.06. The van der Waals surface area contributed by atoms with E-state index in [4.69, 9.17) is 0 Å². The molecule has 4 heteroatoms. The van der Waals surface area contributed by atoms with E-state index in [9.17, 15) is 4.79 Å². The molecular formula is C12H13N3O. The van der Waals surface area contributed by atoms with Crippen LogP contribution in [-0.2, 0) is 13.0 Å². The summed E-state index contributed by atoms with van der Waals surface area (Å²) in [6, 6.07) is 7.68. The van der Waals surface area contributed by atoms with Gasteiger partial charge in [0.05, 0.1) is 0 Å². The molecule has 0 radical (unpaired) electrons. The molecule has 0 aliphatic carbocycles. The first-order valence-electron chi connectivity index (χ1n) is 5.24. The lowest BCUT2D eigenvalue weighted by Gasteiger charge is -2.02. The summed E-state index contributed by atoms with van der Waals surface area (Å²) in [6.07, 6.45) is 3.95. The highest BCUT2D eigenvalue weighted by molar-refractivity contribution is 5.95. The molecule has 1 heterocycles. The van der Waals surface area contributed by atoms with Crippen LogP contribution in [0.15, 0.2) is 36.9 Å². The zero-order valence-electron chi connectivity index (χ0n) is 9.13. The third-order valence-electron chi connectivity index (χ3n) is 2.46. The Morgan fingerprint density at radius 3 is 2.62 bits per heavy atom. The van der Waals surface area contributed by atoms with Gasteiger partial charge in [-0.2, -0.15) is 5.10 Å². The van der Waals surface area contributed by atoms with Crippen molar-refractivity contribution < 1.29 is 4.79 Å². The fourth-order valence-corrected chi connectivity index (χ4v) is 1.48. The highest BCUT2D eigenvalue weighted by Gasteiger charge is 2.06. The smallest absolute Gasteiger partial charge is 0.184 e. The van der Waals surface area contributed by atoms with Gasteiger partial charge < -0.3 is 0 Å². The van der Waals surface area contributed by atoms with E-state index in [-0.39, 0.29) is 12.3 Å². The normalized spacial score (nSPS) is 10.3. The summed E-state index contributed by atoms with van der Waals surface area (Å²) in [5.74, 6) is 0.0492. The third kappa shape index (κ3) is 2.34. The molecule has 0 fully saturated rings. The summed E-state index contributed by atoms with van der Waals surface area (Å²) in [5, 5.41) is 3.90. The van der Waals surface area contributed by atoms with Gasteiger partial charge in [0.15, 0.2) is 5.78 Å². The van der Waals surface area contributed by atoms with Crippen LogP contribution in [0.2, 0.25) is 0 Å². The van der Waals surface area contributed by atoms with Crippen molar-refractivity contribution in [2.75, 3.05) is 0 Å². The fraction of sp³-hybridized carbons (Fsp3) is 0.250. The number of hydrogen-bond acceptors (Lipinski definition) is 3. The zero-order chi connectivity index (χ0) is 11.4. The Morgan fingerprint density at radius 2 is 2.06 bits per heavy atom. The molecule has 16 heavy (non-hydrogen) atoms. The van der Waals surface area contributed by atoms with Crippen molar-refractivity contribution >= 4 is 5.78 Å². The summed E-state index contributed by atoms with van der Waals surface area (Å²) < 4.78 is 1.52. The number of benzene rings is 1. The molecule has 0 aliphatic heterocycles. The van der Waals surface area contributed by atoms with Gasteiger partial charge in [0.1, 0.15) is 19.2 Å². The van der Waals surface area contributed by atoms with Crippen molar-refractivity contribution in [1.29, 1.82) is 0 Å². The Hall–Kier alpha value is -1.97. The molecule has 82 valence electrons. The van der Waals surface area contributed by atoms with Crippen molar-refractivity contribution in [1.82, 2.24) is 14.8 Å². The highest BCUT2D eigenvalue weighted by atomic mass is 16.1. The Balaban J connectivity index is 2.09. The Kier molecular flexibility index (Phi) is 3.10. The molecule has 0 atom stereocenters. The number of nitrogens with zero attached hydrogens (tertiary/aromatic N) is 3. The second-order valence-corrected chi connectivity index (χ2v) is 3.57. The van der Waals surface area contributed by atoms with Gasteiger partial charge in [-0.15, -0.1) is 0 Å². The predicted molar refractivity (Wildman–Crippen MR) is 60.2 cm³/mol. The van der Waals surface area contributed by atoms with Gasteiger partial charge in [0.2, 0.25) is 0 Å². The second-order valence-electron chi connectivity index (χ2n) is 3.57. The minimum Gasteiger partial charge on any atom is -0.292 e. The molecule has 2 aromatic rings. The van der Waals surface area contributed by atoms with E-state index in [1.54, 1.807) is 0 Å². The van der Waals surface area contributed by atoms with Crippen molar-refractivity contribution in [2.24, 2.45) is 0 Å². The van der Waals surface area contributed by atoms with E-state index in [2.05, 4.69) is 17.0 Å². The SMILES string of the molecule is CCc1ccc(C(=O)Cn2cncn2)cc1. The Bertz CT molecular complexity index is 460. The molecule has 0 aliphatic rings. The van der Waals surface area contributed by atoms with Gasteiger partial charge in [-0.25, -0.2) is 9.67 Å². The molecule has 1 aromatic heterocycles. The van der Waals surface area contributed by atoms with E-state index >= 15 is 0 Å². The zero-order valence-corrected chi connectivity index (χ0v) is 9.13. The average Bonchev–Trinajstić information content (AvgIpc) is 2.82. The molecule has 0 bridgehead atoms. The summed E-state index contributed by atoms with van der Waals surface area (Å²) in [6.45, 7) is 2.33. The topological polar surface area (TPSA) is 47.8 Å². The third-order valence-corrected chi connectivity index (χ3v) is 2.46. The lowest BCUT2D eigenvalue weighted by molar-refractivity contribution is 0.0967. The van der Waals surface area contributed by atoms with Gasteiger partial charge in [-0.1, -0.05) is 31.2 Å². The van der Waals surface area contributed by atoms with E-state index in [0.29, 0.717) is 5.56 Å². The molecule has 2 rings (SSSR count). The first-order valence-corrected chi connectivity index (χ1v) is 5.24. The summed E-state index contributed by atoms with van der Waals surface area (Å²) in [4.78, 5) is 15.6. The van der Waals surface area contributed by atoms with Gasteiger partial charge in [-0.05, 0) is 12.0 Å². The summed E-state index contributed by atoms with van der Waals surface area (Å²) in [5.41, 5.74) is 1.95. The first-order chi connectivity index (χ1) is 7.79. The van der Waals surface area contributed by atoms with Gasteiger partial charge in [0.25, 0.3) is 0 Å². The van der Waals surface area contributed by atoms with E-state index in [1.165, 1.54) is 22.9 Å². The minimum atomic E-state index is 0.0492. The molecule has 4 nitrogen and oxygen atoms in total. The summed E-state index contributed by atoms with van der Waals surface area (Å²) in [7, 11) is 0. The average molecular weight is 215 g/mol. The maximum absolute atomic E-state index is 11.8. The van der Waals surface area contributed by atoms with E-state index in [0.717, 1.165) is 6.42 Å². The largest absolute Gasteiger partial charge is 0.292 e. The lowest BCUT2D eigenvalue weighted by Crippen LogP contribution is -2.10. The number of aromatic nitrogens is 3. The van der Waals surface area contributed by atoms with Gasteiger partial charge >= 0.3 is 0 Å². The number of rotatable bonds is 4. The van der Waals surface area contributed by atoms with Crippen LogP contribution in [0.4, 0.5) is 0 Å². The van der Waals surface area contributed by atoms with Crippen LogP contribution < -0.4 is 0 Å².